The Morgan fingerprint density at radius 3 is 2.48 bits per heavy atom. The first-order valence-electron chi connectivity index (χ1n) is 7.13. The molecule has 0 saturated carbocycles. The van der Waals surface area contributed by atoms with Gasteiger partial charge in [0.05, 0.1) is 6.42 Å². The van der Waals surface area contributed by atoms with E-state index >= 15 is 0 Å². The number of likely N-dealkylation sites (tertiary alicyclic amines) is 1. The number of carbonyl (C=O) groups is 2. The maximum atomic E-state index is 12.1. The van der Waals surface area contributed by atoms with E-state index in [9.17, 15) is 9.59 Å². The van der Waals surface area contributed by atoms with Gasteiger partial charge >= 0.3 is 12.0 Å². The number of piperidine rings is 1. The van der Waals surface area contributed by atoms with Crippen molar-refractivity contribution in [1.82, 2.24) is 10.2 Å². The predicted molar refractivity (Wildman–Crippen MR) is 78.8 cm³/mol. The fourth-order valence-corrected chi connectivity index (χ4v) is 2.45. The third kappa shape index (κ3) is 4.46. The van der Waals surface area contributed by atoms with Gasteiger partial charge in [-0.2, -0.15) is 0 Å². The molecule has 0 aromatic heterocycles. The molecule has 21 heavy (non-hydrogen) atoms. The molecule has 1 aliphatic rings. The number of aliphatic carboxylic acids is 1. The number of carboxylic acid groups (broad SMARTS) is 1. The molecule has 0 unspecified atom stereocenters. The highest BCUT2D eigenvalue weighted by Gasteiger charge is 2.20. The van der Waals surface area contributed by atoms with Gasteiger partial charge in [-0.3, -0.25) is 4.79 Å². The van der Waals surface area contributed by atoms with E-state index in [1.54, 1.807) is 17.0 Å². The summed E-state index contributed by atoms with van der Waals surface area (Å²) in [6, 6.07) is 7.32. The molecule has 0 spiro atoms. The van der Waals surface area contributed by atoms with Gasteiger partial charge in [-0.25, -0.2) is 4.79 Å². The van der Waals surface area contributed by atoms with Crippen molar-refractivity contribution in [3.63, 3.8) is 0 Å². The lowest BCUT2D eigenvalue weighted by Crippen LogP contribution is -2.47. The van der Waals surface area contributed by atoms with Crippen molar-refractivity contribution in [2.75, 3.05) is 13.1 Å². The number of nitrogens with one attached hydrogen (secondary N) is 1. The van der Waals surface area contributed by atoms with Crippen molar-refractivity contribution in [2.45, 2.75) is 31.8 Å². The van der Waals surface area contributed by atoms with E-state index in [1.165, 1.54) is 0 Å². The van der Waals surface area contributed by atoms with Crippen LogP contribution in [0, 0.1) is 0 Å². The molecule has 0 aliphatic carbocycles. The van der Waals surface area contributed by atoms with Crippen molar-refractivity contribution in [3.05, 3.63) is 35.4 Å². The van der Waals surface area contributed by atoms with Crippen molar-refractivity contribution >= 4 is 12.0 Å². The van der Waals surface area contributed by atoms with Crippen LogP contribution in [0.25, 0.3) is 0 Å². The summed E-state index contributed by atoms with van der Waals surface area (Å²) in [5.74, 6) is -0.876. The van der Waals surface area contributed by atoms with Gasteiger partial charge in [0.15, 0.2) is 0 Å². The molecule has 0 atom stereocenters. The second kappa shape index (κ2) is 7.08. The Labute approximate surface area is 123 Å². The summed E-state index contributed by atoms with van der Waals surface area (Å²) in [5.41, 5.74) is 7.38. The summed E-state index contributed by atoms with van der Waals surface area (Å²) in [7, 11) is 0. The number of nitrogens with two attached hydrogens (primary N) is 1. The minimum absolute atomic E-state index is 0.0371. The summed E-state index contributed by atoms with van der Waals surface area (Å²) in [6.07, 6.45) is 1.61. The highest BCUT2D eigenvalue weighted by Crippen LogP contribution is 2.11. The Morgan fingerprint density at radius 1 is 1.24 bits per heavy atom. The molecule has 1 saturated heterocycles. The van der Waals surface area contributed by atoms with Crippen LogP contribution in [0.2, 0.25) is 0 Å². The normalized spacial score (nSPS) is 15.8. The molecule has 2 amide bonds. The Morgan fingerprint density at radius 2 is 1.86 bits per heavy atom. The van der Waals surface area contributed by atoms with E-state index < -0.39 is 5.97 Å². The van der Waals surface area contributed by atoms with Crippen molar-refractivity contribution in [1.29, 1.82) is 0 Å². The molecule has 2 rings (SSSR count). The summed E-state index contributed by atoms with van der Waals surface area (Å²) >= 11 is 0. The molecule has 1 heterocycles. The molecule has 1 fully saturated rings. The Hall–Kier alpha value is -2.08. The highest BCUT2D eigenvalue weighted by molar-refractivity contribution is 5.74. The first-order chi connectivity index (χ1) is 10.1. The number of hydrogen-bond donors (Lipinski definition) is 3. The van der Waals surface area contributed by atoms with E-state index in [1.807, 2.05) is 12.1 Å². The van der Waals surface area contributed by atoms with E-state index in [0.717, 1.165) is 24.0 Å². The smallest absolute Gasteiger partial charge is 0.317 e. The third-order valence-corrected chi connectivity index (χ3v) is 3.72. The molecule has 6 nitrogen and oxygen atoms in total. The van der Waals surface area contributed by atoms with E-state index in [4.69, 9.17) is 10.8 Å². The number of urea groups is 1. The first kappa shape index (κ1) is 15.3. The Bertz CT molecular complexity index is 511. The molecule has 4 N–H and O–H groups in total. The van der Waals surface area contributed by atoms with Crippen molar-refractivity contribution < 1.29 is 14.7 Å². The van der Waals surface area contributed by atoms with Crippen LogP contribution in [0.1, 0.15) is 24.0 Å². The fraction of sp³-hybridized carbons (Fsp3) is 0.467. The lowest BCUT2D eigenvalue weighted by molar-refractivity contribution is -0.136. The van der Waals surface area contributed by atoms with Crippen LogP contribution in [0.5, 0.6) is 0 Å². The van der Waals surface area contributed by atoms with Gasteiger partial charge in [0.2, 0.25) is 0 Å². The molecule has 0 bridgehead atoms. The molecule has 1 aromatic carbocycles. The SMILES string of the molecule is NC1CCN(C(=O)NCc2ccccc2CC(=O)O)CC1. The summed E-state index contributed by atoms with van der Waals surface area (Å²) in [4.78, 5) is 24.7. The quantitative estimate of drug-likeness (QED) is 0.769. The van der Waals surface area contributed by atoms with E-state index in [2.05, 4.69) is 5.32 Å². The maximum Gasteiger partial charge on any atom is 0.317 e. The zero-order valence-electron chi connectivity index (χ0n) is 11.9. The van der Waals surface area contributed by atoms with Gasteiger partial charge in [0, 0.05) is 25.7 Å². The van der Waals surface area contributed by atoms with Crippen LogP contribution in [0.3, 0.4) is 0 Å². The fourth-order valence-electron chi connectivity index (χ4n) is 2.45. The van der Waals surface area contributed by atoms with E-state index in [-0.39, 0.29) is 18.5 Å². The average Bonchev–Trinajstić information content (AvgIpc) is 2.46. The zero-order valence-corrected chi connectivity index (χ0v) is 11.9. The largest absolute Gasteiger partial charge is 0.481 e. The lowest BCUT2D eigenvalue weighted by atomic mass is 10.0. The molecule has 114 valence electrons. The van der Waals surface area contributed by atoms with Crippen LogP contribution in [-0.4, -0.2) is 41.1 Å². The zero-order chi connectivity index (χ0) is 15.2. The second-order valence-corrected chi connectivity index (χ2v) is 5.32. The topological polar surface area (TPSA) is 95.7 Å². The molecule has 1 aliphatic heterocycles. The Balaban J connectivity index is 1.90. The summed E-state index contributed by atoms with van der Waals surface area (Å²) in [6.45, 7) is 1.68. The van der Waals surface area contributed by atoms with Crippen molar-refractivity contribution in [3.8, 4) is 0 Å². The van der Waals surface area contributed by atoms with Crippen LogP contribution in [-0.2, 0) is 17.8 Å². The van der Waals surface area contributed by atoms with Gasteiger partial charge in [-0.05, 0) is 24.0 Å². The minimum atomic E-state index is -0.876. The van der Waals surface area contributed by atoms with Gasteiger partial charge in [-0.1, -0.05) is 24.3 Å². The number of benzene rings is 1. The molecular weight excluding hydrogens is 270 g/mol. The van der Waals surface area contributed by atoms with Gasteiger partial charge < -0.3 is 21.1 Å². The maximum absolute atomic E-state index is 12.1. The molecule has 1 aromatic rings. The number of carboxylic acids is 1. The average molecular weight is 291 g/mol. The number of hydrogen-bond acceptors (Lipinski definition) is 3. The van der Waals surface area contributed by atoms with Crippen LogP contribution >= 0.6 is 0 Å². The number of rotatable bonds is 4. The standard InChI is InChI=1S/C15H21N3O3/c16-13-5-7-18(8-6-13)15(21)17-10-12-4-2-1-3-11(12)9-14(19)20/h1-4,13H,5-10,16H2,(H,17,21)(H,19,20). The summed E-state index contributed by atoms with van der Waals surface area (Å²) < 4.78 is 0. The van der Waals surface area contributed by atoms with Gasteiger partial charge in [0.1, 0.15) is 0 Å². The Kier molecular flexibility index (Phi) is 5.16. The van der Waals surface area contributed by atoms with Crippen LogP contribution in [0.4, 0.5) is 4.79 Å². The molecule has 6 heteroatoms. The first-order valence-corrected chi connectivity index (χ1v) is 7.13. The minimum Gasteiger partial charge on any atom is -0.481 e. The number of carbonyl (C=O) groups excluding carboxylic acids is 1. The number of nitrogens with zero attached hydrogens (tertiary/aromatic N) is 1. The van der Waals surface area contributed by atoms with E-state index in [0.29, 0.717) is 19.6 Å². The van der Waals surface area contributed by atoms with Crippen LogP contribution < -0.4 is 11.1 Å². The van der Waals surface area contributed by atoms with Crippen molar-refractivity contribution in [2.24, 2.45) is 5.73 Å². The lowest BCUT2D eigenvalue weighted by Gasteiger charge is -2.30. The third-order valence-electron chi connectivity index (χ3n) is 3.72. The highest BCUT2D eigenvalue weighted by atomic mass is 16.4. The predicted octanol–water partition coefficient (Wildman–Crippen LogP) is 0.946. The number of amides is 2. The monoisotopic (exact) mass is 291 g/mol. The summed E-state index contributed by atoms with van der Waals surface area (Å²) in [5, 5.41) is 11.7. The van der Waals surface area contributed by atoms with Gasteiger partial charge in [0.25, 0.3) is 0 Å². The molecule has 0 radical (unpaired) electrons. The van der Waals surface area contributed by atoms with Gasteiger partial charge in [-0.15, -0.1) is 0 Å². The van der Waals surface area contributed by atoms with Crippen LogP contribution in [0.15, 0.2) is 24.3 Å². The molecular formula is C15H21N3O3. The second-order valence-electron chi connectivity index (χ2n) is 5.32.